The van der Waals surface area contributed by atoms with Crippen LogP contribution in [0.2, 0.25) is 10.0 Å². The van der Waals surface area contributed by atoms with Gasteiger partial charge in [-0.2, -0.15) is 0 Å². The average Bonchev–Trinajstić information content (AvgIpc) is 3.35. The summed E-state index contributed by atoms with van der Waals surface area (Å²) in [5.74, 6) is 1.12. The predicted octanol–water partition coefficient (Wildman–Crippen LogP) is 8.35. The van der Waals surface area contributed by atoms with Crippen molar-refractivity contribution in [3.8, 4) is 28.1 Å². The molecule has 0 bridgehead atoms. The van der Waals surface area contributed by atoms with Crippen molar-refractivity contribution in [1.82, 2.24) is 10.1 Å². The summed E-state index contributed by atoms with van der Waals surface area (Å²) in [7, 11) is 1.35. The molecular weight excluding hydrogens is 523 g/mol. The van der Waals surface area contributed by atoms with E-state index in [0.29, 0.717) is 32.6 Å². The first kappa shape index (κ1) is 25.8. The van der Waals surface area contributed by atoms with Crippen molar-refractivity contribution in [3.05, 3.63) is 99.9 Å². The van der Waals surface area contributed by atoms with Gasteiger partial charge in [0.05, 0.1) is 33.8 Å². The van der Waals surface area contributed by atoms with Gasteiger partial charge in [0, 0.05) is 23.1 Å². The van der Waals surface area contributed by atoms with E-state index in [-0.39, 0.29) is 12.5 Å². The molecule has 5 aromatic rings. The fourth-order valence-electron chi connectivity index (χ4n) is 4.27. The molecule has 2 heterocycles. The van der Waals surface area contributed by atoms with Crippen molar-refractivity contribution in [2.45, 2.75) is 26.4 Å². The van der Waals surface area contributed by atoms with Gasteiger partial charge in [-0.25, -0.2) is 4.79 Å². The van der Waals surface area contributed by atoms with Crippen LogP contribution in [0.15, 0.2) is 77.4 Å². The Kier molecular flexibility index (Phi) is 7.36. The first-order chi connectivity index (χ1) is 18.4. The number of ether oxygens (including phenoxy) is 2. The van der Waals surface area contributed by atoms with E-state index in [1.165, 1.54) is 13.3 Å². The molecule has 6 nitrogen and oxygen atoms in total. The Morgan fingerprint density at radius 3 is 2.37 bits per heavy atom. The van der Waals surface area contributed by atoms with Gasteiger partial charge in [0.15, 0.2) is 0 Å². The lowest BCUT2D eigenvalue weighted by Crippen LogP contribution is -2.01. The highest BCUT2D eigenvalue weighted by Crippen LogP contribution is 2.39. The molecule has 5 rings (SSSR count). The van der Waals surface area contributed by atoms with E-state index in [2.05, 4.69) is 10.1 Å². The van der Waals surface area contributed by atoms with E-state index in [1.54, 1.807) is 24.3 Å². The van der Waals surface area contributed by atoms with Crippen LogP contribution in [0, 0.1) is 0 Å². The molecule has 38 heavy (non-hydrogen) atoms. The Morgan fingerprint density at radius 2 is 1.68 bits per heavy atom. The number of carbonyl (C=O) groups is 1. The van der Waals surface area contributed by atoms with Gasteiger partial charge in [-0.05, 0) is 47.5 Å². The third-order valence-corrected chi connectivity index (χ3v) is 6.85. The number of pyridine rings is 1. The SMILES string of the molecule is COC(=O)c1cnc2cc(-c3ccc(OCc4c(-c5c(Cl)cccc5Cl)noc4C(C)C)cc3)ccc2c1. The third kappa shape index (κ3) is 5.10. The lowest BCUT2D eigenvalue weighted by Gasteiger charge is -2.11. The number of hydrogen-bond acceptors (Lipinski definition) is 6. The number of benzene rings is 3. The Labute approximate surface area is 230 Å². The normalized spacial score (nSPS) is 11.2. The Bertz CT molecular complexity index is 1610. The van der Waals surface area contributed by atoms with E-state index in [9.17, 15) is 4.79 Å². The molecule has 0 fully saturated rings. The quantitative estimate of drug-likeness (QED) is 0.191. The number of hydrogen-bond donors (Lipinski definition) is 0. The number of aromatic nitrogens is 2. The summed E-state index contributed by atoms with van der Waals surface area (Å²) in [6.45, 7) is 4.31. The molecule has 8 heteroatoms. The van der Waals surface area contributed by atoms with Crippen molar-refractivity contribution in [2.24, 2.45) is 0 Å². The molecule has 0 aliphatic carbocycles. The van der Waals surface area contributed by atoms with Crippen LogP contribution in [0.4, 0.5) is 0 Å². The average molecular weight is 547 g/mol. The van der Waals surface area contributed by atoms with Crippen LogP contribution in [0.25, 0.3) is 33.3 Å². The highest BCUT2D eigenvalue weighted by Gasteiger charge is 2.23. The molecule has 0 unspecified atom stereocenters. The molecule has 192 valence electrons. The van der Waals surface area contributed by atoms with Gasteiger partial charge < -0.3 is 14.0 Å². The second kappa shape index (κ2) is 10.9. The first-order valence-corrected chi connectivity index (χ1v) is 12.8. The van der Waals surface area contributed by atoms with E-state index in [1.807, 2.05) is 56.3 Å². The Balaban J connectivity index is 1.37. The fourth-order valence-corrected chi connectivity index (χ4v) is 4.84. The number of carbonyl (C=O) groups excluding carboxylic acids is 1. The van der Waals surface area contributed by atoms with E-state index in [4.69, 9.17) is 37.2 Å². The number of fused-ring (bicyclic) bond motifs is 1. The van der Waals surface area contributed by atoms with Crippen molar-refractivity contribution in [3.63, 3.8) is 0 Å². The lowest BCUT2D eigenvalue weighted by molar-refractivity contribution is 0.0600. The maximum absolute atomic E-state index is 11.8. The van der Waals surface area contributed by atoms with Gasteiger partial charge in [-0.3, -0.25) is 4.98 Å². The number of nitrogens with zero attached hydrogens (tertiary/aromatic N) is 2. The molecule has 3 aromatic carbocycles. The molecule has 0 atom stereocenters. The summed E-state index contributed by atoms with van der Waals surface area (Å²) in [6, 6.07) is 20.8. The molecule has 0 saturated carbocycles. The third-order valence-electron chi connectivity index (χ3n) is 6.22. The van der Waals surface area contributed by atoms with Gasteiger partial charge >= 0.3 is 5.97 Å². The molecule has 2 aromatic heterocycles. The molecule has 0 saturated heterocycles. The van der Waals surface area contributed by atoms with Crippen LogP contribution < -0.4 is 4.74 Å². The topological polar surface area (TPSA) is 74.5 Å². The van der Waals surface area contributed by atoms with Crippen LogP contribution in [0.5, 0.6) is 5.75 Å². The van der Waals surface area contributed by atoms with Crippen LogP contribution in [-0.2, 0) is 11.3 Å². The zero-order chi connectivity index (χ0) is 26.8. The fraction of sp³-hybridized carbons (Fsp3) is 0.167. The van der Waals surface area contributed by atoms with Gasteiger partial charge in [-0.1, -0.05) is 72.5 Å². The van der Waals surface area contributed by atoms with Gasteiger partial charge in [0.2, 0.25) is 0 Å². The van der Waals surface area contributed by atoms with Gasteiger partial charge in [0.25, 0.3) is 0 Å². The minimum atomic E-state index is -0.409. The number of methoxy groups -OCH3 is 1. The highest BCUT2D eigenvalue weighted by atomic mass is 35.5. The number of halogens is 2. The van der Waals surface area contributed by atoms with Crippen LogP contribution in [-0.4, -0.2) is 23.2 Å². The molecule has 0 radical (unpaired) electrons. The first-order valence-electron chi connectivity index (χ1n) is 12.0. The maximum atomic E-state index is 11.8. The lowest BCUT2D eigenvalue weighted by atomic mass is 10.0. The molecule has 0 spiro atoms. The van der Waals surface area contributed by atoms with E-state index < -0.39 is 5.97 Å². The number of rotatable bonds is 7. The summed E-state index contributed by atoms with van der Waals surface area (Å²) in [4.78, 5) is 16.2. The Morgan fingerprint density at radius 1 is 0.974 bits per heavy atom. The minimum absolute atomic E-state index is 0.101. The maximum Gasteiger partial charge on any atom is 0.339 e. The largest absolute Gasteiger partial charge is 0.489 e. The van der Waals surface area contributed by atoms with Gasteiger partial charge in [-0.15, -0.1) is 0 Å². The van der Waals surface area contributed by atoms with Crippen molar-refractivity contribution < 1.29 is 18.8 Å². The number of esters is 1. The molecular formula is C30H24Cl2N2O4. The van der Waals surface area contributed by atoms with Crippen molar-refractivity contribution in [1.29, 1.82) is 0 Å². The summed E-state index contributed by atoms with van der Waals surface area (Å²) in [5.41, 5.74) is 5.24. The van der Waals surface area contributed by atoms with Crippen molar-refractivity contribution >= 4 is 40.1 Å². The molecule has 0 aliphatic heterocycles. The monoisotopic (exact) mass is 546 g/mol. The second-order valence-corrected chi connectivity index (χ2v) is 9.88. The predicted molar refractivity (Wildman–Crippen MR) is 149 cm³/mol. The zero-order valence-electron chi connectivity index (χ0n) is 21.0. The smallest absolute Gasteiger partial charge is 0.339 e. The van der Waals surface area contributed by atoms with Crippen molar-refractivity contribution in [2.75, 3.05) is 7.11 Å². The Hall–Kier alpha value is -3.87. The second-order valence-electron chi connectivity index (χ2n) is 9.06. The molecule has 0 N–H and O–H groups in total. The summed E-state index contributed by atoms with van der Waals surface area (Å²) < 4.78 is 16.6. The van der Waals surface area contributed by atoms with E-state index in [0.717, 1.165) is 33.4 Å². The zero-order valence-corrected chi connectivity index (χ0v) is 22.5. The molecule has 0 aliphatic rings. The van der Waals surface area contributed by atoms with Crippen LogP contribution in [0.1, 0.15) is 41.4 Å². The summed E-state index contributed by atoms with van der Waals surface area (Å²) >= 11 is 12.9. The van der Waals surface area contributed by atoms with Crippen LogP contribution in [0.3, 0.4) is 0 Å². The van der Waals surface area contributed by atoms with Crippen LogP contribution >= 0.6 is 23.2 Å². The summed E-state index contributed by atoms with van der Waals surface area (Å²) in [6.07, 6.45) is 1.52. The minimum Gasteiger partial charge on any atom is -0.489 e. The highest BCUT2D eigenvalue weighted by molar-refractivity contribution is 6.39. The van der Waals surface area contributed by atoms with Gasteiger partial charge in [0.1, 0.15) is 23.8 Å². The standard InChI is InChI=1S/C30H24Cl2N2O4/c1-17(2)29-23(28(34-38-29)27-24(31)5-4-6-25(27)32)16-37-22-11-9-18(10-12-22)19-7-8-20-13-21(30(35)36-3)15-33-26(20)14-19/h4-15,17H,16H2,1-3H3. The molecule has 0 amide bonds. The summed E-state index contributed by atoms with van der Waals surface area (Å²) in [5, 5.41) is 6.14. The van der Waals surface area contributed by atoms with E-state index >= 15 is 0 Å².